The van der Waals surface area contributed by atoms with Crippen LogP contribution in [0.3, 0.4) is 0 Å². The molecule has 0 aliphatic heterocycles. The van der Waals surface area contributed by atoms with Crippen molar-refractivity contribution in [3.63, 3.8) is 0 Å². The summed E-state index contributed by atoms with van der Waals surface area (Å²) >= 11 is 0. The van der Waals surface area contributed by atoms with Crippen molar-refractivity contribution >= 4 is 22.9 Å². The van der Waals surface area contributed by atoms with Gasteiger partial charge >= 0.3 is 11.7 Å². The number of carbonyl (C=O) groups excluding carboxylic acids is 2. The van der Waals surface area contributed by atoms with E-state index in [1.807, 2.05) is 0 Å². The van der Waals surface area contributed by atoms with Gasteiger partial charge in [0, 0.05) is 24.0 Å². The largest absolute Gasteiger partial charge is 0.469 e. The molecule has 0 saturated heterocycles. The average molecular weight is 487 g/mol. The highest BCUT2D eigenvalue weighted by Crippen LogP contribution is 2.34. The number of aromatic nitrogens is 3. The second kappa shape index (κ2) is 9.54. The van der Waals surface area contributed by atoms with E-state index in [0.29, 0.717) is 51.4 Å². The van der Waals surface area contributed by atoms with Gasteiger partial charge in [0.2, 0.25) is 5.91 Å². The van der Waals surface area contributed by atoms with Gasteiger partial charge in [0.1, 0.15) is 11.5 Å². The highest BCUT2D eigenvalue weighted by Gasteiger charge is 2.34. The molecule has 0 aromatic carbocycles. The predicted octanol–water partition coefficient (Wildman–Crippen LogP) is 2.61. The molecular weight excluding hydrogens is 455 g/mol. The number of methoxy groups -OCH3 is 1. The normalized spacial score (nSPS) is 26.9. The predicted molar refractivity (Wildman–Crippen MR) is 125 cm³/mol. The van der Waals surface area contributed by atoms with Gasteiger partial charge in [-0.15, -0.1) is 0 Å². The quantitative estimate of drug-likeness (QED) is 0.651. The molecule has 1 amide bonds. The smallest absolute Gasteiger partial charge is 0.333 e. The van der Waals surface area contributed by atoms with Crippen LogP contribution >= 0.6 is 0 Å². The first-order valence-corrected chi connectivity index (χ1v) is 12.6. The number of ether oxygens (including phenoxy) is 1. The average Bonchev–Trinajstić information content (AvgIpc) is 3.71. The fourth-order valence-electron chi connectivity index (χ4n) is 5.74. The lowest BCUT2D eigenvalue weighted by molar-refractivity contribution is -0.146. The Bertz CT molecular complexity index is 1250. The summed E-state index contributed by atoms with van der Waals surface area (Å²) in [5, 5.41) is 3.18. The molecule has 188 valence electrons. The van der Waals surface area contributed by atoms with Crippen LogP contribution in [-0.4, -0.2) is 39.1 Å². The van der Waals surface area contributed by atoms with E-state index in [9.17, 15) is 23.6 Å². The molecule has 3 aliphatic carbocycles. The molecule has 9 nitrogen and oxygen atoms in total. The highest BCUT2D eigenvalue weighted by atomic mass is 19.1. The number of hydrogen-bond donors (Lipinski definition) is 1. The Kier molecular flexibility index (Phi) is 6.46. The Morgan fingerprint density at radius 1 is 0.943 bits per heavy atom. The SMILES string of the molecule is COC(=O)C1CCC(n2c(=O)n(C3CCC(NC(=O)C4CC4)CC3)c(=O)c3cc(F)cnc32)CC1. The van der Waals surface area contributed by atoms with Crippen LogP contribution in [0, 0.1) is 17.7 Å². The number of hydrogen-bond acceptors (Lipinski definition) is 6. The highest BCUT2D eigenvalue weighted by molar-refractivity contribution is 5.81. The van der Waals surface area contributed by atoms with Gasteiger partial charge in [-0.3, -0.25) is 23.5 Å². The Morgan fingerprint density at radius 2 is 1.54 bits per heavy atom. The van der Waals surface area contributed by atoms with Gasteiger partial charge in [0.05, 0.1) is 24.6 Å². The molecule has 2 aromatic rings. The number of carbonyl (C=O) groups is 2. The fourth-order valence-corrected chi connectivity index (χ4v) is 5.74. The molecule has 35 heavy (non-hydrogen) atoms. The second-order valence-electron chi connectivity index (χ2n) is 10.2. The summed E-state index contributed by atoms with van der Waals surface area (Å²) in [4.78, 5) is 55.3. The van der Waals surface area contributed by atoms with Crippen LogP contribution in [0.5, 0.6) is 0 Å². The van der Waals surface area contributed by atoms with E-state index in [1.54, 1.807) is 0 Å². The molecule has 2 heterocycles. The molecule has 10 heteroatoms. The zero-order valence-corrected chi connectivity index (χ0v) is 19.9. The van der Waals surface area contributed by atoms with Crippen LogP contribution in [0.4, 0.5) is 4.39 Å². The van der Waals surface area contributed by atoms with E-state index in [4.69, 9.17) is 4.74 Å². The summed E-state index contributed by atoms with van der Waals surface area (Å²) in [5.74, 6) is -0.859. The summed E-state index contributed by atoms with van der Waals surface area (Å²) in [6.07, 6.45) is 7.68. The topological polar surface area (TPSA) is 112 Å². The van der Waals surface area contributed by atoms with Gasteiger partial charge in [-0.1, -0.05) is 0 Å². The number of pyridine rings is 1. The van der Waals surface area contributed by atoms with Crippen molar-refractivity contribution in [2.45, 2.75) is 82.3 Å². The van der Waals surface area contributed by atoms with Crippen molar-refractivity contribution in [1.82, 2.24) is 19.4 Å². The number of fused-ring (bicyclic) bond motifs is 1. The van der Waals surface area contributed by atoms with E-state index >= 15 is 0 Å². The molecule has 3 aliphatic rings. The molecule has 3 saturated carbocycles. The lowest BCUT2D eigenvalue weighted by Gasteiger charge is -2.32. The molecular formula is C25H31FN4O5. The zero-order valence-electron chi connectivity index (χ0n) is 19.9. The first-order valence-electron chi connectivity index (χ1n) is 12.6. The van der Waals surface area contributed by atoms with Crippen LogP contribution in [0.15, 0.2) is 21.9 Å². The van der Waals surface area contributed by atoms with Crippen molar-refractivity contribution < 1.29 is 18.7 Å². The van der Waals surface area contributed by atoms with E-state index in [1.165, 1.54) is 16.2 Å². The molecule has 1 N–H and O–H groups in total. The summed E-state index contributed by atoms with van der Waals surface area (Å²) in [7, 11) is 1.37. The summed E-state index contributed by atoms with van der Waals surface area (Å²) < 4.78 is 21.8. The van der Waals surface area contributed by atoms with E-state index < -0.39 is 17.1 Å². The monoisotopic (exact) mass is 486 g/mol. The Morgan fingerprint density at radius 3 is 2.17 bits per heavy atom. The molecule has 2 aromatic heterocycles. The van der Waals surface area contributed by atoms with E-state index in [2.05, 4.69) is 10.3 Å². The van der Waals surface area contributed by atoms with Crippen molar-refractivity contribution in [2.75, 3.05) is 7.11 Å². The third-order valence-corrected chi connectivity index (χ3v) is 7.88. The molecule has 0 bridgehead atoms. The number of nitrogens with one attached hydrogen (secondary N) is 1. The Hall–Kier alpha value is -3.04. The minimum Gasteiger partial charge on any atom is -0.469 e. The number of halogens is 1. The van der Waals surface area contributed by atoms with Crippen LogP contribution < -0.4 is 16.6 Å². The van der Waals surface area contributed by atoms with Crippen LogP contribution in [0.2, 0.25) is 0 Å². The maximum atomic E-state index is 14.1. The molecule has 0 spiro atoms. The second-order valence-corrected chi connectivity index (χ2v) is 10.2. The molecule has 5 rings (SSSR count). The van der Waals surface area contributed by atoms with Crippen molar-refractivity contribution in [3.8, 4) is 0 Å². The first-order chi connectivity index (χ1) is 16.9. The molecule has 0 radical (unpaired) electrons. The fraction of sp³-hybridized carbons (Fsp3) is 0.640. The van der Waals surface area contributed by atoms with Gasteiger partial charge in [-0.25, -0.2) is 14.2 Å². The van der Waals surface area contributed by atoms with Crippen LogP contribution in [0.25, 0.3) is 11.0 Å². The van der Waals surface area contributed by atoms with Crippen molar-refractivity contribution in [1.29, 1.82) is 0 Å². The number of rotatable bonds is 5. The van der Waals surface area contributed by atoms with Crippen molar-refractivity contribution in [3.05, 3.63) is 38.9 Å². The van der Waals surface area contributed by atoms with Crippen LogP contribution in [-0.2, 0) is 14.3 Å². The van der Waals surface area contributed by atoms with E-state index in [-0.39, 0.29) is 52.9 Å². The maximum absolute atomic E-state index is 14.1. The van der Waals surface area contributed by atoms with Gasteiger partial charge in [0.15, 0.2) is 0 Å². The summed E-state index contributed by atoms with van der Waals surface area (Å²) in [6.45, 7) is 0. The Labute approximate surface area is 201 Å². The summed E-state index contributed by atoms with van der Waals surface area (Å²) in [6, 6.07) is 0.628. The van der Waals surface area contributed by atoms with Gasteiger partial charge in [0.25, 0.3) is 5.56 Å². The zero-order chi connectivity index (χ0) is 24.7. The standard InChI is InChI=1S/C25H31FN4O5/c1-35-24(33)15-4-8-18(9-5-15)29-21-20(12-16(26)13-27-21)23(32)30(25(29)34)19-10-6-17(7-11-19)28-22(31)14-2-3-14/h12-15,17-19H,2-11H2,1H3,(H,28,31). The third kappa shape index (κ3) is 4.62. The number of amides is 1. The van der Waals surface area contributed by atoms with Gasteiger partial charge < -0.3 is 10.1 Å². The van der Waals surface area contributed by atoms with E-state index in [0.717, 1.165) is 25.1 Å². The minimum atomic E-state index is -0.632. The minimum absolute atomic E-state index is 0.0467. The van der Waals surface area contributed by atoms with Crippen molar-refractivity contribution in [2.24, 2.45) is 11.8 Å². The third-order valence-electron chi connectivity index (χ3n) is 7.88. The summed E-state index contributed by atoms with van der Waals surface area (Å²) in [5.41, 5.74) is -0.778. The van der Waals surface area contributed by atoms with Gasteiger partial charge in [-0.05, 0) is 70.3 Å². The maximum Gasteiger partial charge on any atom is 0.333 e. The lowest BCUT2D eigenvalue weighted by Crippen LogP contribution is -2.46. The molecule has 3 fully saturated rings. The molecule has 0 unspecified atom stereocenters. The Balaban J connectivity index is 1.45. The van der Waals surface area contributed by atoms with Crippen LogP contribution in [0.1, 0.15) is 76.3 Å². The first kappa shape index (κ1) is 23.7. The van der Waals surface area contributed by atoms with Gasteiger partial charge in [-0.2, -0.15) is 0 Å². The molecule has 0 atom stereocenters. The number of esters is 1. The lowest BCUT2D eigenvalue weighted by atomic mass is 9.86. The number of nitrogens with zero attached hydrogens (tertiary/aromatic N) is 3.